The average molecular weight is 395 g/mol. The van der Waals surface area contributed by atoms with E-state index in [1.807, 2.05) is 0 Å². The molecule has 0 aliphatic carbocycles. The molecule has 1 aliphatic heterocycles. The van der Waals surface area contributed by atoms with Gasteiger partial charge in [0.05, 0.1) is 0 Å². The lowest BCUT2D eigenvalue weighted by atomic mass is 9.98. The molecule has 0 spiro atoms. The van der Waals surface area contributed by atoms with Crippen molar-refractivity contribution in [1.29, 1.82) is 0 Å². The second-order valence-electron chi connectivity index (χ2n) is 8.63. The lowest BCUT2D eigenvalue weighted by Crippen LogP contribution is -2.38. The molecule has 4 aromatic rings. The number of hydrogen-bond donors (Lipinski definition) is 0. The molecule has 30 heavy (non-hydrogen) atoms. The summed E-state index contributed by atoms with van der Waals surface area (Å²) in [4.78, 5) is 2.64. The third-order valence-electron chi connectivity index (χ3n) is 6.59. The van der Waals surface area contributed by atoms with Crippen LogP contribution in [0.3, 0.4) is 0 Å². The molecular weight excluding hydrogens is 364 g/mol. The van der Waals surface area contributed by atoms with Gasteiger partial charge in [0.25, 0.3) is 0 Å². The van der Waals surface area contributed by atoms with Gasteiger partial charge in [-0.2, -0.15) is 0 Å². The number of aryl methyl sites for hydroxylation is 2. The Bertz CT molecular complexity index is 1080. The van der Waals surface area contributed by atoms with E-state index in [9.17, 15) is 0 Å². The van der Waals surface area contributed by atoms with E-state index >= 15 is 0 Å². The summed E-state index contributed by atoms with van der Waals surface area (Å²) in [6.45, 7) is 5.54. The summed E-state index contributed by atoms with van der Waals surface area (Å²) in [7, 11) is 0. The summed E-state index contributed by atoms with van der Waals surface area (Å²) in [6, 6.07) is 31.3. The fourth-order valence-corrected chi connectivity index (χ4v) is 4.98. The number of nitrogens with zero attached hydrogens (tertiary/aromatic N) is 2. The van der Waals surface area contributed by atoms with Gasteiger partial charge < -0.3 is 4.57 Å². The van der Waals surface area contributed by atoms with Crippen molar-refractivity contribution in [1.82, 2.24) is 9.47 Å². The Kier molecular flexibility index (Phi) is 5.42. The fourth-order valence-electron chi connectivity index (χ4n) is 4.98. The van der Waals surface area contributed by atoms with Crippen LogP contribution >= 0.6 is 0 Å². The molecule has 1 aliphatic rings. The quantitative estimate of drug-likeness (QED) is 0.377. The van der Waals surface area contributed by atoms with Gasteiger partial charge in [-0.1, -0.05) is 78.9 Å². The maximum absolute atomic E-state index is 2.64. The van der Waals surface area contributed by atoms with Crippen molar-refractivity contribution in [2.45, 2.75) is 51.9 Å². The van der Waals surface area contributed by atoms with Crippen molar-refractivity contribution in [3.8, 4) is 0 Å². The molecule has 0 amide bonds. The van der Waals surface area contributed by atoms with Crippen LogP contribution in [0.25, 0.3) is 10.9 Å². The second kappa shape index (κ2) is 8.49. The minimum absolute atomic E-state index is 0.551. The Hall–Kier alpha value is -2.84. The van der Waals surface area contributed by atoms with Crippen molar-refractivity contribution in [3.63, 3.8) is 0 Å². The highest BCUT2D eigenvalue weighted by Crippen LogP contribution is 2.34. The fraction of sp³-hybridized carbons (Fsp3) is 0.286. The van der Waals surface area contributed by atoms with Crippen LogP contribution in [0.15, 0.2) is 84.9 Å². The average Bonchev–Trinajstić information content (AvgIpc) is 3.08. The smallest absolute Gasteiger partial charge is 0.0485 e. The van der Waals surface area contributed by atoms with Gasteiger partial charge >= 0.3 is 0 Å². The third-order valence-corrected chi connectivity index (χ3v) is 6.59. The molecule has 2 heterocycles. The van der Waals surface area contributed by atoms with Crippen LogP contribution in [-0.4, -0.2) is 15.5 Å². The van der Waals surface area contributed by atoms with Crippen LogP contribution < -0.4 is 0 Å². The first-order chi connectivity index (χ1) is 14.8. The second-order valence-corrected chi connectivity index (χ2v) is 8.63. The molecule has 0 radical (unpaired) electrons. The van der Waals surface area contributed by atoms with E-state index in [1.165, 1.54) is 28.5 Å². The van der Waals surface area contributed by atoms with E-state index in [4.69, 9.17) is 0 Å². The van der Waals surface area contributed by atoms with Crippen molar-refractivity contribution >= 4 is 10.9 Å². The van der Waals surface area contributed by atoms with Gasteiger partial charge in [0.1, 0.15) is 0 Å². The number of aromatic nitrogens is 1. The lowest BCUT2D eigenvalue weighted by molar-refractivity contribution is 0.173. The first-order valence-electron chi connectivity index (χ1n) is 11.2. The van der Waals surface area contributed by atoms with E-state index in [0.717, 1.165) is 32.5 Å². The summed E-state index contributed by atoms with van der Waals surface area (Å²) in [5.74, 6) is 0. The standard InChI is InChI=1S/C28H30N2/c1-22-19-28-26(21-29(22)20-24-13-6-3-7-14-24)25-16-8-9-17-27(25)30(28)18-10-15-23-11-4-2-5-12-23/h2-9,11-14,16-17,22H,10,15,18-21H2,1H3. The SMILES string of the molecule is CC1Cc2c(c3ccccc3n2CCCc2ccccc2)CN1Cc1ccccc1. The minimum Gasteiger partial charge on any atom is -0.344 e. The normalized spacial score (nSPS) is 16.6. The summed E-state index contributed by atoms with van der Waals surface area (Å²) in [5, 5.41) is 1.44. The number of hydrogen-bond acceptors (Lipinski definition) is 1. The maximum Gasteiger partial charge on any atom is 0.0485 e. The Morgan fingerprint density at radius 1 is 0.800 bits per heavy atom. The Labute approximate surface area is 179 Å². The molecular formula is C28H30N2. The Balaban J connectivity index is 1.41. The molecule has 0 N–H and O–H groups in total. The first kappa shape index (κ1) is 19.1. The summed E-state index contributed by atoms with van der Waals surface area (Å²) in [6.07, 6.45) is 3.44. The van der Waals surface area contributed by atoms with E-state index < -0.39 is 0 Å². The largest absolute Gasteiger partial charge is 0.344 e. The summed E-state index contributed by atoms with van der Waals surface area (Å²) in [5.41, 5.74) is 7.34. The molecule has 2 heteroatoms. The number of benzene rings is 3. The molecule has 1 aromatic heterocycles. The highest BCUT2D eigenvalue weighted by molar-refractivity contribution is 5.85. The van der Waals surface area contributed by atoms with Crippen LogP contribution in [0, 0.1) is 0 Å². The molecule has 0 saturated carbocycles. The zero-order valence-corrected chi connectivity index (χ0v) is 17.8. The van der Waals surface area contributed by atoms with Crippen LogP contribution in [0.2, 0.25) is 0 Å². The van der Waals surface area contributed by atoms with Crippen molar-refractivity contribution in [2.75, 3.05) is 0 Å². The Morgan fingerprint density at radius 3 is 2.23 bits per heavy atom. The van der Waals surface area contributed by atoms with Gasteiger partial charge in [0.2, 0.25) is 0 Å². The number of rotatable bonds is 6. The van der Waals surface area contributed by atoms with Crippen LogP contribution in [-0.2, 0) is 32.5 Å². The highest BCUT2D eigenvalue weighted by Gasteiger charge is 2.28. The molecule has 0 bridgehead atoms. The zero-order valence-electron chi connectivity index (χ0n) is 17.8. The van der Waals surface area contributed by atoms with E-state index in [-0.39, 0.29) is 0 Å². The molecule has 1 unspecified atom stereocenters. The predicted octanol–water partition coefficient (Wildman–Crippen LogP) is 6.22. The summed E-state index contributed by atoms with van der Waals surface area (Å²) < 4.78 is 2.62. The van der Waals surface area contributed by atoms with Gasteiger partial charge in [-0.25, -0.2) is 0 Å². The van der Waals surface area contributed by atoms with Crippen LogP contribution in [0.5, 0.6) is 0 Å². The molecule has 3 aromatic carbocycles. The predicted molar refractivity (Wildman–Crippen MR) is 126 cm³/mol. The molecule has 1 atom stereocenters. The van der Waals surface area contributed by atoms with Crippen molar-refractivity contribution < 1.29 is 0 Å². The van der Waals surface area contributed by atoms with Crippen molar-refractivity contribution in [2.24, 2.45) is 0 Å². The van der Waals surface area contributed by atoms with Crippen LogP contribution in [0.1, 0.15) is 35.7 Å². The van der Waals surface area contributed by atoms with Gasteiger partial charge in [-0.3, -0.25) is 4.90 Å². The highest BCUT2D eigenvalue weighted by atomic mass is 15.2. The molecule has 152 valence electrons. The monoisotopic (exact) mass is 394 g/mol. The van der Waals surface area contributed by atoms with E-state index in [1.54, 1.807) is 11.3 Å². The maximum atomic E-state index is 2.64. The van der Waals surface area contributed by atoms with Gasteiger partial charge in [0, 0.05) is 48.7 Å². The Morgan fingerprint density at radius 2 is 1.47 bits per heavy atom. The minimum atomic E-state index is 0.551. The number of para-hydroxylation sites is 1. The first-order valence-corrected chi connectivity index (χ1v) is 11.2. The molecule has 0 saturated heterocycles. The van der Waals surface area contributed by atoms with Crippen LogP contribution in [0.4, 0.5) is 0 Å². The van der Waals surface area contributed by atoms with Gasteiger partial charge in [0.15, 0.2) is 0 Å². The molecule has 2 nitrogen and oxygen atoms in total. The lowest BCUT2D eigenvalue weighted by Gasteiger charge is -2.34. The topological polar surface area (TPSA) is 8.17 Å². The van der Waals surface area contributed by atoms with E-state index in [0.29, 0.717) is 6.04 Å². The number of fused-ring (bicyclic) bond motifs is 3. The van der Waals surface area contributed by atoms with Gasteiger partial charge in [-0.15, -0.1) is 0 Å². The van der Waals surface area contributed by atoms with E-state index in [2.05, 4.69) is 101 Å². The molecule has 5 rings (SSSR count). The zero-order chi connectivity index (χ0) is 20.3. The third kappa shape index (κ3) is 3.80. The molecule has 0 fully saturated rings. The van der Waals surface area contributed by atoms with Gasteiger partial charge in [-0.05, 0) is 42.5 Å². The summed E-state index contributed by atoms with van der Waals surface area (Å²) >= 11 is 0. The van der Waals surface area contributed by atoms with Crippen molar-refractivity contribution in [3.05, 3.63) is 107 Å².